The fraction of sp³-hybridized carbons (Fsp3) is 0.167. The fourth-order valence-corrected chi connectivity index (χ4v) is 2.62. The van der Waals surface area contributed by atoms with Gasteiger partial charge in [-0.05, 0) is 30.3 Å². The van der Waals surface area contributed by atoms with Crippen molar-refractivity contribution in [2.75, 3.05) is 0 Å². The maximum Gasteiger partial charge on any atom is 0.416 e. The van der Waals surface area contributed by atoms with Crippen LogP contribution in [0.3, 0.4) is 0 Å². The van der Waals surface area contributed by atoms with E-state index in [0.29, 0.717) is 18.2 Å². The Morgan fingerprint density at radius 1 is 1.00 bits per heavy atom. The van der Waals surface area contributed by atoms with Crippen LogP contribution >= 0.6 is 0 Å². The van der Waals surface area contributed by atoms with E-state index >= 15 is 0 Å². The quantitative estimate of drug-likeness (QED) is 0.585. The van der Waals surface area contributed by atoms with Gasteiger partial charge in [0.05, 0.1) is 11.1 Å². The van der Waals surface area contributed by atoms with Gasteiger partial charge in [-0.15, -0.1) is 5.10 Å². The first kappa shape index (κ1) is 21.1. The summed E-state index contributed by atoms with van der Waals surface area (Å²) in [7, 11) is 0. The number of ether oxygens (including phenoxy) is 1. The lowest BCUT2D eigenvalue weighted by Gasteiger charge is -2.16. The first-order chi connectivity index (χ1) is 14.0. The molecular formula is C18H9F7N4O. The van der Waals surface area contributed by atoms with Crippen molar-refractivity contribution in [2.24, 2.45) is 0 Å². The minimum atomic E-state index is -4.92. The summed E-state index contributed by atoms with van der Waals surface area (Å²) in [6.07, 6.45) is -9.77. The molecule has 0 aliphatic rings. The van der Waals surface area contributed by atoms with Crippen molar-refractivity contribution in [3.8, 4) is 23.1 Å². The highest BCUT2D eigenvalue weighted by atomic mass is 19.4. The lowest BCUT2D eigenvalue weighted by Crippen LogP contribution is -2.14. The van der Waals surface area contributed by atoms with Crippen LogP contribution in [0.25, 0.3) is 11.3 Å². The summed E-state index contributed by atoms with van der Waals surface area (Å²) in [6, 6.07) is 5.68. The van der Waals surface area contributed by atoms with Crippen LogP contribution in [0.1, 0.15) is 22.4 Å². The second kappa shape index (κ2) is 7.66. The van der Waals surface area contributed by atoms with Gasteiger partial charge in [0.1, 0.15) is 29.9 Å². The molecule has 3 aromatic rings. The Morgan fingerprint density at radius 2 is 1.73 bits per heavy atom. The fourth-order valence-electron chi connectivity index (χ4n) is 2.62. The molecule has 0 unspecified atom stereocenters. The number of halogens is 7. The Kier molecular flexibility index (Phi) is 5.39. The maximum absolute atomic E-state index is 13.9. The van der Waals surface area contributed by atoms with Gasteiger partial charge in [0.15, 0.2) is 5.69 Å². The molecule has 0 aliphatic carbocycles. The van der Waals surface area contributed by atoms with Crippen molar-refractivity contribution in [1.82, 2.24) is 15.4 Å². The van der Waals surface area contributed by atoms with Crippen molar-refractivity contribution in [3.05, 3.63) is 64.6 Å². The van der Waals surface area contributed by atoms with Gasteiger partial charge in [-0.25, -0.2) is 9.49 Å². The Hall–Kier alpha value is -3.62. The van der Waals surface area contributed by atoms with Crippen molar-refractivity contribution < 1.29 is 35.5 Å². The van der Waals surface area contributed by atoms with E-state index in [2.05, 4.69) is 15.4 Å². The number of aromatic nitrogens is 3. The zero-order valence-corrected chi connectivity index (χ0v) is 14.6. The third-order valence-corrected chi connectivity index (χ3v) is 3.94. The summed E-state index contributed by atoms with van der Waals surface area (Å²) >= 11 is 0. The number of nitrogens with one attached hydrogen (secondary N) is 1. The van der Waals surface area contributed by atoms with Crippen molar-refractivity contribution in [1.29, 1.82) is 5.26 Å². The number of nitrogens with zero attached hydrogens (tertiary/aromatic N) is 3. The van der Waals surface area contributed by atoms with E-state index in [-0.39, 0.29) is 22.7 Å². The van der Waals surface area contributed by atoms with Crippen LogP contribution in [-0.4, -0.2) is 15.4 Å². The van der Waals surface area contributed by atoms with Gasteiger partial charge in [-0.1, -0.05) is 5.21 Å². The Labute approximate surface area is 163 Å². The normalized spacial score (nSPS) is 11.9. The predicted octanol–water partition coefficient (Wildman–Crippen LogP) is 5.10. The number of alkyl halides is 6. The van der Waals surface area contributed by atoms with E-state index in [1.807, 2.05) is 0 Å². The smallest absolute Gasteiger partial charge is 0.416 e. The summed E-state index contributed by atoms with van der Waals surface area (Å²) in [5, 5.41) is 18.3. The molecule has 0 spiro atoms. The van der Waals surface area contributed by atoms with Crippen LogP contribution < -0.4 is 4.74 Å². The second-order valence-electron chi connectivity index (χ2n) is 5.98. The molecule has 3 rings (SSSR count). The highest BCUT2D eigenvalue weighted by Gasteiger charge is 2.37. The molecule has 1 heterocycles. The number of rotatable bonds is 4. The van der Waals surface area contributed by atoms with Crippen LogP contribution in [0.15, 0.2) is 36.4 Å². The van der Waals surface area contributed by atoms with Gasteiger partial charge in [-0.2, -0.15) is 31.6 Å². The molecule has 5 nitrogen and oxygen atoms in total. The van der Waals surface area contributed by atoms with Gasteiger partial charge in [0.25, 0.3) is 0 Å². The van der Waals surface area contributed by atoms with Gasteiger partial charge in [0.2, 0.25) is 0 Å². The van der Waals surface area contributed by atoms with Crippen LogP contribution in [0.2, 0.25) is 0 Å². The number of benzene rings is 2. The molecule has 2 aromatic carbocycles. The minimum absolute atomic E-state index is 0.0306. The number of H-pyrrole nitrogens is 1. The number of aromatic amines is 1. The summed E-state index contributed by atoms with van der Waals surface area (Å²) < 4.78 is 97.2. The molecule has 0 radical (unpaired) electrons. The molecule has 0 aliphatic heterocycles. The van der Waals surface area contributed by atoms with Crippen molar-refractivity contribution in [2.45, 2.75) is 19.0 Å². The van der Waals surface area contributed by atoms with Crippen molar-refractivity contribution in [3.63, 3.8) is 0 Å². The molecule has 0 atom stereocenters. The minimum Gasteiger partial charge on any atom is -0.489 e. The molecule has 1 N–H and O–H groups in total. The Bertz CT molecular complexity index is 1110. The van der Waals surface area contributed by atoms with E-state index in [4.69, 9.17) is 10.00 Å². The highest BCUT2D eigenvalue weighted by Crippen LogP contribution is 2.37. The Morgan fingerprint density at radius 3 is 2.37 bits per heavy atom. The molecule has 1 aromatic heterocycles. The largest absolute Gasteiger partial charge is 0.489 e. The second-order valence-corrected chi connectivity index (χ2v) is 5.98. The summed E-state index contributed by atoms with van der Waals surface area (Å²) in [4.78, 5) is 0. The first-order valence-electron chi connectivity index (χ1n) is 8.01. The van der Waals surface area contributed by atoms with E-state index in [1.54, 1.807) is 6.07 Å². The van der Waals surface area contributed by atoms with Crippen LogP contribution in [-0.2, 0) is 19.0 Å². The first-order valence-corrected chi connectivity index (χ1v) is 8.01. The number of hydrogen-bond donors (Lipinski definition) is 1. The maximum atomic E-state index is 13.9. The molecule has 30 heavy (non-hydrogen) atoms. The summed E-state index contributed by atoms with van der Waals surface area (Å²) in [5.74, 6) is -1.14. The van der Waals surface area contributed by atoms with Gasteiger partial charge in [0, 0.05) is 17.2 Å². The van der Waals surface area contributed by atoms with Crippen molar-refractivity contribution >= 4 is 0 Å². The average molecular weight is 430 g/mol. The predicted molar refractivity (Wildman–Crippen MR) is 87.3 cm³/mol. The SMILES string of the molecule is N#Cc1[nH]nnc1-c1cc(F)cc(OCc2cc(C(F)(F)F)ccc2C(F)(F)F)c1. The molecule has 0 fully saturated rings. The molecule has 156 valence electrons. The van der Waals surface area contributed by atoms with Crippen LogP contribution in [0.4, 0.5) is 30.7 Å². The zero-order chi connectivity index (χ0) is 22.1. The standard InChI is InChI=1S/C18H9F7N4O/c19-12-4-9(16-15(7-26)27-29-28-16)5-13(6-12)30-8-10-3-11(17(20,21)22)1-2-14(10)18(23,24)25/h1-6H,8H2,(H,27,28,29). The third-order valence-electron chi connectivity index (χ3n) is 3.94. The summed E-state index contributed by atoms with van der Waals surface area (Å²) in [6.45, 7) is -0.911. The van der Waals surface area contributed by atoms with Gasteiger partial charge in [-0.3, -0.25) is 0 Å². The van der Waals surface area contributed by atoms with E-state index in [9.17, 15) is 30.7 Å². The monoisotopic (exact) mass is 430 g/mol. The molecule has 0 bridgehead atoms. The van der Waals surface area contributed by atoms with E-state index in [0.717, 1.165) is 12.1 Å². The van der Waals surface area contributed by atoms with E-state index in [1.165, 1.54) is 6.07 Å². The molecule has 12 heteroatoms. The molecular weight excluding hydrogens is 421 g/mol. The lowest BCUT2D eigenvalue weighted by atomic mass is 10.0. The number of nitriles is 1. The lowest BCUT2D eigenvalue weighted by molar-refractivity contribution is -0.142. The van der Waals surface area contributed by atoms with Crippen LogP contribution in [0, 0.1) is 17.1 Å². The van der Waals surface area contributed by atoms with Gasteiger partial charge >= 0.3 is 12.4 Å². The molecule has 0 saturated heterocycles. The third kappa shape index (κ3) is 4.51. The van der Waals surface area contributed by atoms with E-state index < -0.39 is 41.5 Å². The van der Waals surface area contributed by atoms with Crippen LogP contribution in [0.5, 0.6) is 5.75 Å². The highest BCUT2D eigenvalue weighted by molar-refractivity contribution is 5.65. The average Bonchev–Trinajstić information content (AvgIpc) is 3.13. The summed E-state index contributed by atoms with van der Waals surface area (Å²) in [5.41, 5.74) is -3.45. The van der Waals surface area contributed by atoms with Gasteiger partial charge < -0.3 is 4.74 Å². The zero-order valence-electron chi connectivity index (χ0n) is 14.6. The topological polar surface area (TPSA) is 74.6 Å². The molecule has 0 saturated carbocycles. The molecule has 0 amide bonds. The number of hydrogen-bond acceptors (Lipinski definition) is 4. The Balaban J connectivity index is 1.94.